The van der Waals surface area contributed by atoms with Crippen LogP contribution in [0.25, 0.3) is 11.0 Å². The van der Waals surface area contributed by atoms with Gasteiger partial charge in [0.2, 0.25) is 0 Å². The lowest BCUT2D eigenvalue weighted by Crippen LogP contribution is -2.36. The van der Waals surface area contributed by atoms with E-state index in [0.29, 0.717) is 13.1 Å². The third kappa shape index (κ3) is 3.03. The molecular weight excluding hydrogens is 228 g/mol. The average Bonchev–Trinajstić information content (AvgIpc) is 2.80. The molecule has 2 rings (SSSR count). The van der Waals surface area contributed by atoms with E-state index in [9.17, 15) is 4.79 Å². The molecule has 0 bridgehead atoms. The zero-order valence-corrected chi connectivity index (χ0v) is 10.5. The van der Waals surface area contributed by atoms with Crippen molar-refractivity contribution in [1.82, 2.24) is 10.6 Å². The van der Waals surface area contributed by atoms with Gasteiger partial charge in [0.05, 0.1) is 6.26 Å². The minimum atomic E-state index is -0.107. The molecule has 4 heteroatoms. The Labute approximate surface area is 106 Å². The van der Waals surface area contributed by atoms with E-state index in [1.165, 1.54) is 0 Å². The van der Waals surface area contributed by atoms with Gasteiger partial charge in [0.1, 0.15) is 5.58 Å². The number of hydrogen-bond acceptors (Lipinski definition) is 2. The number of amides is 2. The number of rotatable bonds is 5. The van der Waals surface area contributed by atoms with Gasteiger partial charge >= 0.3 is 6.03 Å². The summed E-state index contributed by atoms with van der Waals surface area (Å²) in [6.07, 6.45) is 3.48. The zero-order valence-electron chi connectivity index (χ0n) is 10.5. The Bertz CT molecular complexity index is 519. The highest BCUT2D eigenvalue weighted by Crippen LogP contribution is 2.20. The predicted molar refractivity (Wildman–Crippen MR) is 71.6 cm³/mol. The lowest BCUT2D eigenvalue weighted by atomic mass is 10.1. The molecule has 96 valence electrons. The first-order valence-electron chi connectivity index (χ1n) is 6.28. The third-order valence-corrected chi connectivity index (χ3v) is 2.78. The molecule has 2 amide bonds. The second kappa shape index (κ2) is 6.10. The summed E-state index contributed by atoms with van der Waals surface area (Å²) in [7, 11) is 0. The Morgan fingerprint density at radius 2 is 2.00 bits per heavy atom. The van der Waals surface area contributed by atoms with Crippen LogP contribution in [0.1, 0.15) is 18.9 Å². The number of urea groups is 1. The Balaban J connectivity index is 1.85. The molecule has 0 saturated heterocycles. The first kappa shape index (κ1) is 12.5. The van der Waals surface area contributed by atoms with Crippen LogP contribution in [0, 0.1) is 0 Å². The highest BCUT2D eigenvalue weighted by molar-refractivity contribution is 5.81. The summed E-state index contributed by atoms with van der Waals surface area (Å²) in [6.45, 7) is 3.34. The number of carbonyl (C=O) groups is 1. The van der Waals surface area contributed by atoms with Crippen molar-refractivity contribution in [3.05, 3.63) is 36.1 Å². The van der Waals surface area contributed by atoms with Crippen molar-refractivity contribution in [1.29, 1.82) is 0 Å². The molecule has 0 fully saturated rings. The average molecular weight is 246 g/mol. The summed E-state index contributed by atoms with van der Waals surface area (Å²) in [5.41, 5.74) is 2.02. The topological polar surface area (TPSA) is 54.3 Å². The fraction of sp³-hybridized carbons (Fsp3) is 0.357. The van der Waals surface area contributed by atoms with Crippen LogP contribution in [0.15, 0.2) is 34.9 Å². The molecule has 0 unspecified atom stereocenters. The lowest BCUT2D eigenvalue weighted by molar-refractivity contribution is 0.241. The zero-order chi connectivity index (χ0) is 12.8. The summed E-state index contributed by atoms with van der Waals surface area (Å²) in [4.78, 5) is 11.3. The second-order valence-corrected chi connectivity index (χ2v) is 4.19. The van der Waals surface area contributed by atoms with Crippen LogP contribution in [0.3, 0.4) is 0 Å². The van der Waals surface area contributed by atoms with E-state index in [1.807, 2.05) is 31.2 Å². The molecule has 1 aromatic heterocycles. The van der Waals surface area contributed by atoms with Crippen LogP contribution in [-0.2, 0) is 6.42 Å². The van der Waals surface area contributed by atoms with E-state index < -0.39 is 0 Å². The van der Waals surface area contributed by atoms with Crippen LogP contribution >= 0.6 is 0 Å². The fourth-order valence-electron chi connectivity index (χ4n) is 1.84. The molecular formula is C14H18N2O2. The van der Waals surface area contributed by atoms with Gasteiger partial charge in [-0.25, -0.2) is 4.79 Å². The summed E-state index contributed by atoms with van der Waals surface area (Å²) in [6, 6.07) is 7.81. The fourth-order valence-corrected chi connectivity index (χ4v) is 1.84. The predicted octanol–water partition coefficient (Wildman–Crippen LogP) is 2.68. The molecule has 0 saturated carbocycles. The largest absolute Gasteiger partial charge is 0.464 e. The van der Waals surface area contributed by atoms with E-state index in [4.69, 9.17) is 4.42 Å². The normalized spacial score (nSPS) is 10.5. The maximum Gasteiger partial charge on any atom is 0.314 e. The number of carbonyl (C=O) groups excluding carboxylic acids is 1. The van der Waals surface area contributed by atoms with Crippen LogP contribution in [-0.4, -0.2) is 19.1 Å². The SMILES string of the molecule is CCCNC(=O)NCCc1coc2ccccc12. The molecule has 1 aromatic carbocycles. The summed E-state index contributed by atoms with van der Waals surface area (Å²) < 4.78 is 5.44. The highest BCUT2D eigenvalue weighted by Gasteiger charge is 2.05. The minimum Gasteiger partial charge on any atom is -0.464 e. The summed E-state index contributed by atoms with van der Waals surface area (Å²) in [5, 5.41) is 6.72. The van der Waals surface area contributed by atoms with Crippen molar-refractivity contribution in [3.8, 4) is 0 Å². The van der Waals surface area contributed by atoms with Crippen LogP contribution in [0.2, 0.25) is 0 Å². The smallest absolute Gasteiger partial charge is 0.314 e. The maximum atomic E-state index is 11.3. The molecule has 0 atom stereocenters. The summed E-state index contributed by atoms with van der Waals surface area (Å²) >= 11 is 0. The van der Waals surface area contributed by atoms with Crippen molar-refractivity contribution in [2.24, 2.45) is 0 Å². The van der Waals surface area contributed by atoms with Crippen LogP contribution in [0.5, 0.6) is 0 Å². The van der Waals surface area contributed by atoms with Crippen molar-refractivity contribution in [3.63, 3.8) is 0 Å². The number of benzene rings is 1. The van der Waals surface area contributed by atoms with Crippen molar-refractivity contribution in [2.75, 3.05) is 13.1 Å². The van der Waals surface area contributed by atoms with Gasteiger partial charge < -0.3 is 15.1 Å². The number of furan rings is 1. The molecule has 2 N–H and O–H groups in total. The van der Waals surface area contributed by atoms with Crippen LogP contribution in [0.4, 0.5) is 4.79 Å². The molecule has 1 heterocycles. The molecule has 0 aliphatic heterocycles. The molecule has 2 aromatic rings. The van der Waals surface area contributed by atoms with Gasteiger partial charge in [-0.05, 0) is 24.5 Å². The first-order chi connectivity index (χ1) is 8.81. The lowest BCUT2D eigenvalue weighted by Gasteiger charge is -2.05. The molecule has 18 heavy (non-hydrogen) atoms. The quantitative estimate of drug-likeness (QED) is 0.852. The number of hydrogen-bond donors (Lipinski definition) is 2. The van der Waals surface area contributed by atoms with Gasteiger partial charge in [-0.15, -0.1) is 0 Å². The van der Waals surface area contributed by atoms with Crippen LogP contribution < -0.4 is 10.6 Å². The van der Waals surface area contributed by atoms with Crippen molar-refractivity contribution in [2.45, 2.75) is 19.8 Å². The minimum absolute atomic E-state index is 0.107. The van der Waals surface area contributed by atoms with E-state index in [0.717, 1.165) is 29.4 Å². The van der Waals surface area contributed by atoms with Crippen molar-refractivity contribution >= 4 is 17.0 Å². The Hall–Kier alpha value is -1.97. The Morgan fingerprint density at radius 1 is 1.22 bits per heavy atom. The monoisotopic (exact) mass is 246 g/mol. The molecule has 0 aliphatic rings. The second-order valence-electron chi connectivity index (χ2n) is 4.19. The van der Waals surface area contributed by atoms with Gasteiger partial charge in [-0.2, -0.15) is 0 Å². The van der Waals surface area contributed by atoms with Gasteiger partial charge in [0, 0.05) is 18.5 Å². The third-order valence-electron chi connectivity index (χ3n) is 2.78. The molecule has 0 spiro atoms. The van der Waals surface area contributed by atoms with E-state index in [2.05, 4.69) is 10.6 Å². The Kier molecular flexibility index (Phi) is 4.23. The molecule has 0 radical (unpaired) electrons. The highest BCUT2D eigenvalue weighted by atomic mass is 16.3. The Morgan fingerprint density at radius 3 is 2.83 bits per heavy atom. The number of fused-ring (bicyclic) bond motifs is 1. The van der Waals surface area contributed by atoms with Gasteiger partial charge in [0.15, 0.2) is 0 Å². The maximum absolute atomic E-state index is 11.3. The number of para-hydroxylation sites is 1. The van der Waals surface area contributed by atoms with E-state index in [1.54, 1.807) is 6.26 Å². The molecule has 0 aliphatic carbocycles. The van der Waals surface area contributed by atoms with E-state index in [-0.39, 0.29) is 6.03 Å². The van der Waals surface area contributed by atoms with Gasteiger partial charge in [-0.1, -0.05) is 25.1 Å². The van der Waals surface area contributed by atoms with Crippen molar-refractivity contribution < 1.29 is 9.21 Å². The standard InChI is InChI=1S/C14H18N2O2/c1-2-8-15-14(17)16-9-7-11-10-18-13-6-4-3-5-12(11)13/h3-6,10H,2,7-9H2,1H3,(H2,15,16,17). The summed E-state index contributed by atoms with van der Waals surface area (Å²) in [5.74, 6) is 0. The van der Waals surface area contributed by atoms with E-state index >= 15 is 0 Å². The van der Waals surface area contributed by atoms with Gasteiger partial charge in [-0.3, -0.25) is 0 Å². The molecule has 4 nitrogen and oxygen atoms in total. The first-order valence-corrected chi connectivity index (χ1v) is 6.28. The number of nitrogens with one attached hydrogen (secondary N) is 2. The van der Waals surface area contributed by atoms with Gasteiger partial charge in [0.25, 0.3) is 0 Å².